The molecule has 2 aromatic rings. The number of hydrogen-bond donors (Lipinski definition) is 1. The van der Waals surface area contributed by atoms with Crippen LogP contribution in [0.2, 0.25) is 0 Å². The van der Waals surface area contributed by atoms with Gasteiger partial charge >= 0.3 is 5.97 Å². The minimum atomic E-state index is -0.360. The Bertz CT molecular complexity index is 745. The molecule has 0 heterocycles. The number of benzene rings is 2. The van der Waals surface area contributed by atoms with Gasteiger partial charge in [-0.2, -0.15) is 0 Å². The van der Waals surface area contributed by atoms with Gasteiger partial charge in [-0.1, -0.05) is 81.8 Å². The molecule has 2 rings (SSSR count). The number of hydrogen-bond acceptors (Lipinski definition) is 3. The first-order valence-corrected chi connectivity index (χ1v) is 11.2. The summed E-state index contributed by atoms with van der Waals surface area (Å²) in [6.45, 7) is 4.13. The molecule has 0 aromatic heterocycles. The number of unbranched alkanes of at least 4 members (excludes halogenated alkanes) is 6. The highest BCUT2D eigenvalue weighted by Crippen LogP contribution is 2.16. The minimum Gasteiger partial charge on any atom is -0.457 e. The molecule has 0 spiro atoms. The third-order valence-electron chi connectivity index (χ3n) is 5.31. The zero-order chi connectivity index (χ0) is 21.6. The van der Waals surface area contributed by atoms with Crippen LogP contribution in [0.5, 0.6) is 0 Å². The van der Waals surface area contributed by atoms with Crippen LogP contribution in [0.25, 0.3) is 0 Å². The standard InChI is InChI=1S/C26H35NO3/c1-3-4-5-6-7-8-15-20-24(30-26(29)23-18-13-10-14-19-23)21(2)27-25(28)22-16-11-9-12-17-22/h9-14,16-19,21,24H,3-8,15,20H2,1-2H3,(H,27,28)/t21-,24+/m0/s1. The number of nitrogens with one attached hydrogen (secondary N) is 1. The van der Waals surface area contributed by atoms with Crippen molar-refractivity contribution in [3.63, 3.8) is 0 Å². The van der Waals surface area contributed by atoms with E-state index in [9.17, 15) is 9.59 Å². The summed E-state index contributed by atoms with van der Waals surface area (Å²) in [5.41, 5.74) is 1.14. The highest BCUT2D eigenvalue weighted by molar-refractivity contribution is 5.94. The number of esters is 1. The Balaban J connectivity index is 1.93. The Labute approximate surface area is 181 Å². The summed E-state index contributed by atoms with van der Waals surface area (Å²) < 4.78 is 5.83. The van der Waals surface area contributed by atoms with Crippen molar-refractivity contribution in [3.8, 4) is 0 Å². The number of rotatable bonds is 13. The molecular formula is C26H35NO3. The third kappa shape index (κ3) is 8.40. The maximum atomic E-state index is 12.6. The summed E-state index contributed by atoms with van der Waals surface area (Å²) in [6.07, 6.45) is 8.74. The fraction of sp³-hybridized carbons (Fsp3) is 0.462. The first-order chi connectivity index (χ1) is 14.6. The highest BCUT2D eigenvalue weighted by atomic mass is 16.5. The van der Waals surface area contributed by atoms with Crippen molar-refractivity contribution in [3.05, 3.63) is 71.8 Å². The molecule has 1 amide bonds. The smallest absolute Gasteiger partial charge is 0.338 e. The van der Waals surface area contributed by atoms with Gasteiger partial charge in [0.2, 0.25) is 0 Å². The molecule has 0 aliphatic heterocycles. The Hall–Kier alpha value is -2.62. The van der Waals surface area contributed by atoms with Crippen LogP contribution in [-0.2, 0) is 4.74 Å². The van der Waals surface area contributed by atoms with Crippen molar-refractivity contribution in [2.24, 2.45) is 0 Å². The number of carbonyl (C=O) groups is 2. The van der Waals surface area contributed by atoms with Crippen LogP contribution in [0, 0.1) is 0 Å². The topological polar surface area (TPSA) is 55.4 Å². The summed E-state index contributed by atoms with van der Waals surface area (Å²) in [5, 5.41) is 3.01. The van der Waals surface area contributed by atoms with Crippen LogP contribution < -0.4 is 5.32 Å². The molecule has 162 valence electrons. The fourth-order valence-electron chi connectivity index (χ4n) is 3.47. The maximum Gasteiger partial charge on any atom is 0.338 e. The molecule has 2 atom stereocenters. The number of amides is 1. The van der Waals surface area contributed by atoms with Gasteiger partial charge in [0.25, 0.3) is 5.91 Å². The first-order valence-electron chi connectivity index (χ1n) is 11.2. The molecule has 0 unspecified atom stereocenters. The molecule has 0 radical (unpaired) electrons. The zero-order valence-corrected chi connectivity index (χ0v) is 18.3. The molecule has 0 aliphatic rings. The van der Waals surface area contributed by atoms with Gasteiger partial charge in [-0.25, -0.2) is 4.79 Å². The Kier molecular flexibility index (Phi) is 10.7. The van der Waals surface area contributed by atoms with Gasteiger partial charge in [0.15, 0.2) is 0 Å². The van der Waals surface area contributed by atoms with E-state index in [4.69, 9.17) is 4.74 Å². The molecule has 4 heteroatoms. The van der Waals surface area contributed by atoms with E-state index in [0.29, 0.717) is 11.1 Å². The number of ether oxygens (including phenoxy) is 1. The highest BCUT2D eigenvalue weighted by Gasteiger charge is 2.24. The normalized spacial score (nSPS) is 12.7. The second-order valence-corrected chi connectivity index (χ2v) is 7.85. The second-order valence-electron chi connectivity index (χ2n) is 7.85. The molecule has 30 heavy (non-hydrogen) atoms. The van der Waals surface area contributed by atoms with E-state index in [2.05, 4.69) is 12.2 Å². The molecule has 2 aromatic carbocycles. The average molecular weight is 410 g/mol. The monoisotopic (exact) mass is 409 g/mol. The summed E-state index contributed by atoms with van der Waals surface area (Å²) >= 11 is 0. The molecule has 4 nitrogen and oxygen atoms in total. The second kappa shape index (κ2) is 13.6. The zero-order valence-electron chi connectivity index (χ0n) is 18.3. The molecular weight excluding hydrogens is 374 g/mol. The van der Waals surface area contributed by atoms with Crippen LogP contribution in [0.15, 0.2) is 60.7 Å². The molecule has 1 N–H and O–H groups in total. The molecule has 0 fully saturated rings. The van der Waals surface area contributed by atoms with Gasteiger partial charge in [0.05, 0.1) is 11.6 Å². The predicted molar refractivity (Wildman–Crippen MR) is 122 cm³/mol. The average Bonchev–Trinajstić information content (AvgIpc) is 2.78. The van der Waals surface area contributed by atoms with Gasteiger partial charge < -0.3 is 10.1 Å². The summed E-state index contributed by atoms with van der Waals surface area (Å²) in [6, 6.07) is 17.9. The lowest BCUT2D eigenvalue weighted by atomic mass is 10.0. The van der Waals surface area contributed by atoms with Crippen molar-refractivity contribution < 1.29 is 14.3 Å². The Morgan fingerprint density at radius 3 is 1.93 bits per heavy atom. The van der Waals surface area contributed by atoms with Crippen molar-refractivity contribution >= 4 is 11.9 Å². The van der Waals surface area contributed by atoms with E-state index < -0.39 is 0 Å². The van der Waals surface area contributed by atoms with E-state index >= 15 is 0 Å². The summed E-state index contributed by atoms with van der Waals surface area (Å²) in [7, 11) is 0. The molecule has 0 saturated heterocycles. The third-order valence-corrected chi connectivity index (χ3v) is 5.31. The SMILES string of the molecule is CCCCCCCCC[C@@H](OC(=O)c1ccccc1)[C@H](C)NC(=O)c1ccccc1. The van der Waals surface area contributed by atoms with Crippen molar-refractivity contribution in [2.75, 3.05) is 0 Å². The molecule has 0 aliphatic carbocycles. The summed E-state index contributed by atoms with van der Waals surface area (Å²) in [5.74, 6) is -0.493. The van der Waals surface area contributed by atoms with Gasteiger partial charge in [0, 0.05) is 5.56 Å². The van der Waals surface area contributed by atoms with Gasteiger partial charge in [0.1, 0.15) is 6.10 Å². The van der Waals surface area contributed by atoms with E-state index in [0.717, 1.165) is 19.3 Å². The van der Waals surface area contributed by atoms with Crippen LogP contribution in [0.4, 0.5) is 0 Å². The van der Waals surface area contributed by atoms with Crippen LogP contribution in [0.1, 0.15) is 85.9 Å². The lowest BCUT2D eigenvalue weighted by Gasteiger charge is -2.25. The minimum absolute atomic E-state index is 0.150. The predicted octanol–water partition coefficient (Wildman–Crippen LogP) is 6.17. The lowest BCUT2D eigenvalue weighted by Crippen LogP contribution is -2.43. The largest absolute Gasteiger partial charge is 0.457 e. The maximum absolute atomic E-state index is 12.6. The van der Waals surface area contributed by atoms with Crippen LogP contribution >= 0.6 is 0 Å². The van der Waals surface area contributed by atoms with Gasteiger partial charge in [-0.15, -0.1) is 0 Å². The summed E-state index contributed by atoms with van der Waals surface area (Å²) in [4.78, 5) is 25.1. The van der Waals surface area contributed by atoms with E-state index in [1.165, 1.54) is 32.1 Å². The van der Waals surface area contributed by atoms with Gasteiger partial charge in [-0.3, -0.25) is 4.79 Å². The van der Waals surface area contributed by atoms with E-state index in [1.54, 1.807) is 24.3 Å². The van der Waals surface area contributed by atoms with Crippen LogP contribution in [-0.4, -0.2) is 24.0 Å². The van der Waals surface area contributed by atoms with Gasteiger partial charge in [-0.05, 0) is 44.0 Å². The fourth-order valence-corrected chi connectivity index (χ4v) is 3.47. The number of carbonyl (C=O) groups excluding carboxylic acids is 2. The van der Waals surface area contributed by atoms with Crippen LogP contribution in [0.3, 0.4) is 0 Å². The first kappa shape index (κ1) is 23.7. The quantitative estimate of drug-likeness (QED) is 0.318. The lowest BCUT2D eigenvalue weighted by molar-refractivity contribution is 0.0184. The van der Waals surface area contributed by atoms with Crippen molar-refractivity contribution in [1.82, 2.24) is 5.32 Å². The van der Waals surface area contributed by atoms with E-state index in [1.807, 2.05) is 43.3 Å². The van der Waals surface area contributed by atoms with Crippen molar-refractivity contribution in [2.45, 2.75) is 77.4 Å². The Morgan fingerprint density at radius 1 is 0.800 bits per heavy atom. The van der Waals surface area contributed by atoms with E-state index in [-0.39, 0.29) is 24.0 Å². The Morgan fingerprint density at radius 2 is 1.33 bits per heavy atom. The molecule has 0 bridgehead atoms. The van der Waals surface area contributed by atoms with Crippen molar-refractivity contribution in [1.29, 1.82) is 0 Å². The molecule has 0 saturated carbocycles.